The quantitative estimate of drug-likeness (QED) is 0.664. The summed E-state index contributed by atoms with van der Waals surface area (Å²) in [6, 6.07) is 8.12. The summed E-state index contributed by atoms with van der Waals surface area (Å²) >= 11 is 6.61. The Labute approximate surface area is 140 Å². The Bertz CT molecular complexity index is 734. The van der Waals surface area contributed by atoms with Gasteiger partial charge >= 0.3 is 0 Å². The molecule has 3 rings (SSSR count). The standard InChI is InChI=1S/C19H18ClFO2/c1-11(2)23-19-14(10-22)9-16(12-3-4-12)17(18(19)20)13-5-7-15(21)8-6-13/h5-12H,3-4H2,1-2H3. The molecule has 120 valence electrons. The molecule has 4 heteroatoms. The second-order valence-electron chi connectivity index (χ2n) is 6.14. The van der Waals surface area contributed by atoms with Crippen molar-refractivity contribution in [3.05, 3.63) is 52.3 Å². The lowest BCUT2D eigenvalue weighted by Gasteiger charge is -2.19. The maximum Gasteiger partial charge on any atom is 0.153 e. The third-order valence-electron chi connectivity index (χ3n) is 3.91. The van der Waals surface area contributed by atoms with E-state index in [1.807, 2.05) is 19.9 Å². The van der Waals surface area contributed by atoms with Gasteiger partial charge < -0.3 is 4.74 Å². The molecule has 0 atom stereocenters. The zero-order valence-electron chi connectivity index (χ0n) is 13.1. The highest BCUT2D eigenvalue weighted by molar-refractivity contribution is 6.35. The fourth-order valence-electron chi connectivity index (χ4n) is 2.74. The first-order chi connectivity index (χ1) is 11.0. The molecule has 0 unspecified atom stereocenters. The number of ether oxygens (including phenoxy) is 1. The summed E-state index contributed by atoms with van der Waals surface area (Å²) in [7, 11) is 0. The zero-order chi connectivity index (χ0) is 16.6. The van der Waals surface area contributed by atoms with Crippen molar-refractivity contribution in [3.8, 4) is 16.9 Å². The zero-order valence-corrected chi connectivity index (χ0v) is 13.9. The Morgan fingerprint density at radius 2 is 1.91 bits per heavy atom. The van der Waals surface area contributed by atoms with Crippen molar-refractivity contribution in [1.82, 2.24) is 0 Å². The predicted molar refractivity (Wildman–Crippen MR) is 90.0 cm³/mol. The number of hydrogen-bond donors (Lipinski definition) is 0. The first-order valence-corrected chi connectivity index (χ1v) is 8.13. The van der Waals surface area contributed by atoms with Crippen LogP contribution in [0.1, 0.15) is 48.5 Å². The van der Waals surface area contributed by atoms with E-state index in [1.165, 1.54) is 12.1 Å². The van der Waals surface area contributed by atoms with E-state index in [-0.39, 0.29) is 11.9 Å². The fraction of sp³-hybridized carbons (Fsp3) is 0.316. The number of rotatable bonds is 5. The topological polar surface area (TPSA) is 26.3 Å². The van der Waals surface area contributed by atoms with Gasteiger partial charge in [0, 0.05) is 5.56 Å². The predicted octanol–water partition coefficient (Wildman–Crippen LogP) is 5.62. The van der Waals surface area contributed by atoms with Crippen LogP contribution in [0.4, 0.5) is 4.39 Å². The first-order valence-electron chi connectivity index (χ1n) is 7.75. The highest BCUT2D eigenvalue weighted by atomic mass is 35.5. The lowest BCUT2D eigenvalue weighted by molar-refractivity contribution is 0.111. The smallest absolute Gasteiger partial charge is 0.153 e. The van der Waals surface area contributed by atoms with Gasteiger partial charge in [-0.3, -0.25) is 4.79 Å². The summed E-state index contributed by atoms with van der Waals surface area (Å²) in [5, 5.41) is 0.428. The van der Waals surface area contributed by atoms with Gasteiger partial charge in [-0.25, -0.2) is 4.39 Å². The molecule has 0 saturated heterocycles. The number of benzene rings is 2. The van der Waals surface area contributed by atoms with Crippen molar-refractivity contribution in [2.75, 3.05) is 0 Å². The molecule has 1 fully saturated rings. The van der Waals surface area contributed by atoms with Crippen LogP contribution in [0, 0.1) is 5.82 Å². The van der Waals surface area contributed by atoms with Crippen LogP contribution in [-0.2, 0) is 0 Å². The minimum absolute atomic E-state index is 0.0981. The molecule has 1 aliphatic rings. The number of aldehydes is 1. The van der Waals surface area contributed by atoms with Crippen LogP contribution in [0.3, 0.4) is 0 Å². The van der Waals surface area contributed by atoms with Crippen molar-refractivity contribution in [1.29, 1.82) is 0 Å². The van der Waals surface area contributed by atoms with E-state index >= 15 is 0 Å². The van der Waals surface area contributed by atoms with Gasteiger partial charge in [-0.05, 0) is 61.9 Å². The Hall–Kier alpha value is -1.87. The average molecular weight is 333 g/mol. The van der Waals surface area contributed by atoms with Crippen molar-refractivity contribution in [3.63, 3.8) is 0 Å². The van der Waals surface area contributed by atoms with E-state index in [2.05, 4.69) is 0 Å². The van der Waals surface area contributed by atoms with Gasteiger partial charge in [0.2, 0.25) is 0 Å². The van der Waals surface area contributed by atoms with Crippen LogP contribution in [0.5, 0.6) is 5.75 Å². The largest absolute Gasteiger partial charge is 0.489 e. The molecule has 0 aliphatic heterocycles. The average Bonchev–Trinajstić information content (AvgIpc) is 3.34. The van der Waals surface area contributed by atoms with E-state index in [4.69, 9.17) is 16.3 Å². The molecule has 0 N–H and O–H groups in total. The minimum Gasteiger partial charge on any atom is -0.489 e. The summed E-state index contributed by atoms with van der Waals surface area (Å²) in [6.07, 6.45) is 2.84. The Kier molecular flexibility index (Phi) is 4.40. The van der Waals surface area contributed by atoms with Crippen LogP contribution < -0.4 is 4.74 Å². The minimum atomic E-state index is -0.291. The second-order valence-corrected chi connectivity index (χ2v) is 6.52. The molecular weight excluding hydrogens is 315 g/mol. The molecule has 2 aromatic rings. The van der Waals surface area contributed by atoms with Crippen LogP contribution in [0.2, 0.25) is 5.02 Å². The van der Waals surface area contributed by atoms with Gasteiger partial charge in [-0.1, -0.05) is 23.7 Å². The van der Waals surface area contributed by atoms with Crippen molar-refractivity contribution in [2.24, 2.45) is 0 Å². The molecule has 2 nitrogen and oxygen atoms in total. The second kappa shape index (κ2) is 6.32. The van der Waals surface area contributed by atoms with E-state index in [9.17, 15) is 9.18 Å². The Morgan fingerprint density at radius 3 is 2.43 bits per heavy atom. The first kappa shape index (κ1) is 16.0. The van der Waals surface area contributed by atoms with Crippen molar-refractivity contribution in [2.45, 2.75) is 38.7 Å². The summed E-state index contributed by atoms with van der Waals surface area (Å²) in [5.74, 6) is 0.515. The maximum absolute atomic E-state index is 13.2. The lowest BCUT2D eigenvalue weighted by Crippen LogP contribution is -2.09. The fourth-order valence-corrected chi connectivity index (χ4v) is 3.11. The van der Waals surface area contributed by atoms with Crippen LogP contribution in [0.25, 0.3) is 11.1 Å². The summed E-state index contributed by atoms with van der Waals surface area (Å²) in [4.78, 5) is 11.5. The molecule has 1 aliphatic carbocycles. The Morgan fingerprint density at radius 1 is 1.26 bits per heavy atom. The SMILES string of the molecule is CC(C)Oc1c(C=O)cc(C2CC2)c(-c2ccc(F)cc2)c1Cl. The summed E-state index contributed by atoms with van der Waals surface area (Å²) in [5.41, 5.74) is 3.19. The van der Waals surface area contributed by atoms with E-state index in [0.29, 0.717) is 22.3 Å². The third kappa shape index (κ3) is 3.25. The van der Waals surface area contributed by atoms with Gasteiger partial charge in [0.25, 0.3) is 0 Å². The maximum atomic E-state index is 13.2. The molecule has 1 saturated carbocycles. The van der Waals surface area contributed by atoms with E-state index in [0.717, 1.165) is 35.8 Å². The molecular formula is C19H18ClFO2. The van der Waals surface area contributed by atoms with Crippen LogP contribution in [0.15, 0.2) is 30.3 Å². The van der Waals surface area contributed by atoms with E-state index < -0.39 is 0 Å². The summed E-state index contributed by atoms with van der Waals surface area (Å²) < 4.78 is 19.0. The number of carbonyl (C=O) groups excluding carboxylic acids is 1. The number of halogens is 2. The number of hydrogen-bond acceptors (Lipinski definition) is 2. The monoisotopic (exact) mass is 332 g/mol. The Balaban J connectivity index is 2.22. The highest BCUT2D eigenvalue weighted by Crippen LogP contribution is 2.50. The summed E-state index contributed by atoms with van der Waals surface area (Å²) in [6.45, 7) is 3.77. The van der Waals surface area contributed by atoms with Crippen LogP contribution >= 0.6 is 11.6 Å². The van der Waals surface area contributed by atoms with Gasteiger partial charge in [0.15, 0.2) is 6.29 Å². The molecule has 0 spiro atoms. The molecule has 0 amide bonds. The van der Waals surface area contributed by atoms with Gasteiger partial charge in [-0.15, -0.1) is 0 Å². The van der Waals surface area contributed by atoms with E-state index in [1.54, 1.807) is 12.1 Å². The lowest BCUT2D eigenvalue weighted by atomic mass is 9.94. The molecule has 23 heavy (non-hydrogen) atoms. The van der Waals surface area contributed by atoms with Gasteiger partial charge in [0.1, 0.15) is 11.6 Å². The highest BCUT2D eigenvalue weighted by Gasteiger charge is 2.30. The number of carbonyl (C=O) groups is 1. The van der Waals surface area contributed by atoms with Crippen LogP contribution in [-0.4, -0.2) is 12.4 Å². The molecule has 2 aromatic carbocycles. The molecule has 0 bridgehead atoms. The molecule has 0 heterocycles. The third-order valence-corrected chi connectivity index (χ3v) is 4.27. The van der Waals surface area contributed by atoms with Gasteiger partial charge in [-0.2, -0.15) is 0 Å². The normalized spacial score (nSPS) is 14.1. The molecule has 0 aromatic heterocycles. The molecule has 0 radical (unpaired) electrons. The van der Waals surface area contributed by atoms with Crippen molar-refractivity contribution >= 4 is 17.9 Å². The van der Waals surface area contributed by atoms with Crippen molar-refractivity contribution < 1.29 is 13.9 Å². The van der Waals surface area contributed by atoms with Gasteiger partial charge in [0.05, 0.1) is 16.7 Å².